The smallest absolute Gasteiger partial charge is 0.213 e. The normalized spacial score (nSPS) is 10.8. The van der Waals surface area contributed by atoms with E-state index in [-0.39, 0.29) is 6.61 Å². The first-order valence-electron chi connectivity index (χ1n) is 6.48. The van der Waals surface area contributed by atoms with Gasteiger partial charge in [-0.2, -0.15) is 4.98 Å². The zero-order valence-electron chi connectivity index (χ0n) is 11.9. The zero-order valence-corrected chi connectivity index (χ0v) is 11.9. The average Bonchev–Trinajstić information content (AvgIpc) is 2.96. The molecule has 0 fully saturated rings. The van der Waals surface area contributed by atoms with Gasteiger partial charge in [0.1, 0.15) is 0 Å². The van der Waals surface area contributed by atoms with Gasteiger partial charge in [0.05, 0.1) is 7.11 Å². The van der Waals surface area contributed by atoms with Gasteiger partial charge in [-0.05, 0) is 6.07 Å². The number of benzene rings is 1. The van der Waals surface area contributed by atoms with Gasteiger partial charge in [-0.15, -0.1) is 0 Å². The molecule has 0 amide bonds. The number of nitrogens with zero attached hydrogens (tertiary/aromatic N) is 2. The summed E-state index contributed by atoms with van der Waals surface area (Å²) in [5.74, 6) is 1.89. The lowest BCUT2D eigenvalue weighted by Gasteiger charge is -2.15. The van der Waals surface area contributed by atoms with Crippen LogP contribution in [-0.2, 0) is 13.2 Å². The third-order valence-electron chi connectivity index (χ3n) is 2.73. The van der Waals surface area contributed by atoms with E-state index in [0.717, 1.165) is 5.56 Å². The zero-order chi connectivity index (χ0) is 14.4. The molecule has 0 aliphatic rings. The lowest BCUT2D eigenvalue weighted by atomic mass is 10.1. The van der Waals surface area contributed by atoms with Crippen molar-refractivity contribution in [2.75, 3.05) is 7.11 Å². The largest absolute Gasteiger partial charge is 0.493 e. The SMILES string of the molecule is COc1cccc(CNC(C)C)c1OCc1ncon1. The molecule has 0 bridgehead atoms. The predicted molar refractivity (Wildman–Crippen MR) is 73.6 cm³/mol. The van der Waals surface area contributed by atoms with Gasteiger partial charge in [-0.1, -0.05) is 31.1 Å². The van der Waals surface area contributed by atoms with Crippen LogP contribution in [0.4, 0.5) is 0 Å². The van der Waals surface area contributed by atoms with Crippen molar-refractivity contribution in [3.63, 3.8) is 0 Å². The fourth-order valence-electron chi connectivity index (χ4n) is 1.73. The second kappa shape index (κ2) is 6.91. The van der Waals surface area contributed by atoms with E-state index < -0.39 is 0 Å². The topological polar surface area (TPSA) is 69.4 Å². The van der Waals surface area contributed by atoms with Crippen molar-refractivity contribution in [3.8, 4) is 11.5 Å². The number of hydrogen-bond acceptors (Lipinski definition) is 6. The first kappa shape index (κ1) is 14.3. The van der Waals surface area contributed by atoms with Crippen molar-refractivity contribution in [1.82, 2.24) is 15.5 Å². The van der Waals surface area contributed by atoms with Crippen LogP contribution in [0.3, 0.4) is 0 Å². The number of hydrogen-bond donors (Lipinski definition) is 1. The molecular weight excluding hydrogens is 258 g/mol. The van der Waals surface area contributed by atoms with Crippen molar-refractivity contribution < 1.29 is 14.0 Å². The summed E-state index contributed by atoms with van der Waals surface area (Å²) < 4.78 is 15.8. The van der Waals surface area contributed by atoms with Crippen molar-refractivity contribution in [2.24, 2.45) is 0 Å². The van der Waals surface area contributed by atoms with Crippen LogP contribution in [0, 0.1) is 0 Å². The van der Waals surface area contributed by atoms with Crippen molar-refractivity contribution in [1.29, 1.82) is 0 Å². The van der Waals surface area contributed by atoms with E-state index in [4.69, 9.17) is 9.47 Å². The molecule has 0 saturated carbocycles. The maximum Gasteiger partial charge on any atom is 0.213 e. The molecule has 0 spiro atoms. The van der Waals surface area contributed by atoms with Crippen LogP contribution in [0.25, 0.3) is 0 Å². The number of para-hydroxylation sites is 1. The van der Waals surface area contributed by atoms with Crippen molar-refractivity contribution in [3.05, 3.63) is 36.0 Å². The second-order valence-electron chi connectivity index (χ2n) is 4.62. The first-order chi connectivity index (χ1) is 9.70. The molecule has 1 N–H and O–H groups in total. The molecule has 0 atom stereocenters. The van der Waals surface area contributed by atoms with Crippen LogP contribution < -0.4 is 14.8 Å². The van der Waals surface area contributed by atoms with Crippen molar-refractivity contribution >= 4 is 0 Å². The quantitative estimate of drug-likeness (QED) is 0.836. The van der Waals surface area contributed by atoms with Gasteiger partial charge < -0.3 is 19.3 Å². The lowest BCUT2D eigenvalue weighted by molar-refractivity contribution is 0.266. The summed E-state index contributed by atoms with van der Waals surface area (Å²) in [6.07, 6.45) is 1.28. The van der Waals surface area contributed by atoms with E-state index in [2.05, 4.69) is 33.8 Å². The third-order valence-corrected chi connectivity index (χ3v) is 2.73. The Balaban J connectivity index is 2.14. The number of nitrogens with one attached hydrogen (secondary N) is 1. The highest BCUT2D eigenvalue weighted by molar-refractivity contribution is 5.46. The molecular formula is C14H19N3O3. The molecule has 20 heavy (non-hydrogen) atoms. The summed E-state index contributed by atoms with van der Waals surface area (Å²) in [6.45, 7) is 5.14. The molecule has 6 nitrogen and oxygen atoms in total. The molecule has 6 heteroatoms. The second-order valence-corrected chi connectivity index (χ2v) is 4.62. The Morgan fingerprint density at radius 2 is 2.20 bits per heavy atom. The summed E-state index contributed by atoms with van der Waals surface area (Å²) in [5.41, 5.74) is 1.03. The van der Waals surface area contributed by atoms with Crippen LogP contribution >= 0.6 is 0 Å². The molecule has 1 aromatic heterocycles. The maximum atomic E-state index is 5.79. The molecule has 0 saturated heterocycles. The summed E-state index contributed by atoms with van der Waals surface area (Å²) in [5, 5.41) is 7.08. The van der Waals surface area contributed by atoms with Gasteiger partial charge in [-0.25, -0.2) is 0 Å². The molecule has 2 rings (SSSR count). The molecule has 0 aliphatic heterocycles. The summed E-state index contributed by atoms with van der Waals surface area (Å²) >= 11 is 0. The minimum absolute atomic E-state index is 0.242. The third kappa shape index (κ3) is 3.71. The summed E-state index contributed by atoms with van der Waals surface area (Å²) in [6, 6.07) is 6.21. The number of aromatic nitrogens is 2. The Hall–Kier alpha value is -2.08. The van der Waals surface area contributed by atoms with E-state index in [1.807, 2.05) is 18.2 Å². The van der Waals surface area contributed by atoms with Gasteiger partial charge in [0.25, 0.3) is 0 Å². The van der Waals surface area contributed by atoms with Crippen LogP contribution in [-0.4, -0.2) is 23.3 Å². The van der Waals surface area contributed by atoms with Gasteiger partial charge in [-0.3, -0.25) is 0 Å². The Labute approximate surface area is 118 Å². The van der Waals surface area contributed by atoms with Gasteiger partial charge in [0, 0.05) is 18.2 Å². The average molecular weight is 277 g/mol. The van der Waals surface area contributed by atoms with Gasteiger partial charge >= 0.3 is 0 Å². The first-order valence-corrected chi connectivity index (χ1v) is 6.48. The molecule has 1 heterocycles. The summed E-state index contributed by atoms with van der Waals surface area (Å²) in [4.78, 5) is 3.93. The Bertz CT molecular complexity index is 526. The van der Waals surface area contributed by atoms with E-state index in [1.165, 1.54) is 6.39 Å². The fourth-order valence-corrected chi connectivity index (χ4v) is 1.73. The highest BCUT2D eigenvalue weighted by Gasteiger charge is 2.12. The van der Waals surface area contributed by atoms with Crippen LogP contribution in [0.15, 0.2) is 29.1 Å². The van der Waals surface area contributed by atoms with Gasteiger partial charge in [0.15, 0.2) is 18.1 Å². The van der Waals surface area contributed by atoms with E-state index in [0.29, 0.717) is 29.9 Å². The van der Waals surface area contributed by atoms with Crippen LogP contribution in [0.1, 0.15) is 25.2 Å². The van der Waals surface area contributed by atoms with E-state index >= 15 is 0 Å². The van der Waals surface area contributed by atoms with Crippen LogP contribution in [0.2, 0.25) is 0 Å². The Kier molecular flexibility index (Phi) is 4.95. The number of methoxy groups -OCH3 is 1. The van der Waals surface area contributed by atoms with Crippen molar-refractivity contribution in [2.45, 2.75) is 33.0 Å². The molecule has 0 unspecified atom stereocenters. The highest BCUT2D eigenvalue weighted by atomic mass is 16.5. The fraction of sp³-hybridized carbons (Fsp3) is 0.429. The predicted octanol–water partition coefficient (Wildman–Crippen LogP) is 2.16. The molecule has 108 valence electrons. The molecule has 0 radical (unpaired) electrons. The molecule has 1 aromatic carbocycles. The Morgan fingerprint density at radius 1 is 1.35 bits per heavy atom. The minimum Gasteiger partial charge on any atom is -0.493 e. The minimum atomic E-state index is 0.242. The lowest BCUT2D eigenvalue weighted by Crippen LogP contribution is -2.22. The van der Waals surface area contributed by atoms with E-state index in [1.54, 1.807) is 7.11 Å². The standard InChI is InChI=1S/C14H19N3O3/c1-10(2)15-7-11-5-4-6-12(18-3)14(11)19-8-13-16-9-20-17-13/h4-6,9-10,15H,7-8H2,1-3H3. The Morgan fingerprint density at radius 3 is 2.85 bits per heavy atom. The summed E-state index contributed by atoms with van der Waals surface area (Å²) in [7, 11) is 1.62. The highest BCUT2D eigenvalue weighted by Crippen LogP contribution is 2.31. The maximum absolute atomic E-state index is 5.79. The molecule has 0 aliphatic carbocycles. The van der Waals surface area contributed by atoms with E-state index in [9.17, 15) is 0 Å². The monoisotopic (exact) mass is 277 g/mol. The number of rotatable bonds is 7. The van der Waals surface area contributed by atoms with Crippen LogP contribution in [0.5, 0.6) is 11.5 Å². The number of ether oxygens (including phenoxy) is 2. The molecule has 2 aromatic rings. The van der Waals surface area contributed by atoms with Gasteiger partial charge in [0.2, 0.25) is 12.2 Å².